The average molecular weight is 297 g/mol. The van der Waals surface area contributed by atoms with Gasteiger partial charge in [-0.15, -0.1) is 0 Å². The molecule has 0 amide bonds. The molecule has 0 aromatic heterocycles. The third-order valence-electron chi connectivity index (χ3n) is 5.08. The second kappa shape index (κ2) is 7.70. The highest BCUT2D eigenvalue weighted by Gasteiger charge is 2.41. The van der Waals surface area contributed by atoms with Crippen LogP contribution in [0.15, 0.2) is 0 Å². The van der Waals surface area contributed by atoms with Crippen LogP contribution in [-0.2, 0) is 14.3 Å². The molecule has 2 fully saturated rings. The number of carbonyl (C=O) groups is 1. The first-order valence-corrected chi connectivity index (χ1v) is 8.53. The summed E-state index contributed by atoms with van der Waals surface area (Å²) in [5, 5.41) is 0. The SMILES string of the molecule is CC(N)CCCC(C)C(=O)C1CCOC2(CCOCC2)C1. The Balaban J connectivity index is 1.83. The molecule has 21 heavy (non-hydrogen) atoms. The first-order valence-electron chi connectivity index (χ1n) is 8.53. The monoisotopic (exact) mass is 297 g/mol. The highest BCUT2D eigenvalue weighted by molar-refractivity contribution is 5.83. The standard InChI is InChI=1S/C17H31NO3/c1-13(4-3-5-14(2)18)16(19)15-6-9-21-17(12-15)7-10-20-11-8-17/h13-15H,3-12,18H2,1-2H3. The fraction of sp³-hybridized carbons (Fsp3) is 0.941. The second-order valence-electron chi connectivity index (χ2n) is 7.05. The third-order valence-corrected chi connectivity index (χ3v) is 5.08. The van der Waals surface area contributed by atoms with E-state index in [1.807, 2.05) is 6.92 Å². The summed E-state index contributed by atoms with van der Waals surface area (Å²) >= 11 is 0. The number of nitrogens with two attached hydrogens (primary N) is 1. The second-order valence-corrected chi connectivity index (χ2v) is 7.05. The van der Waals surface area contributed by atoms with Gasteiger partial charge in [-0.3, -0.25) is 4.79 Å². The topological polar surface area (TPSA) is 61.6 Å². The molecule has 0 saturated carbocycles. The van der Waals surface area contributed by atoms with Gasteiger partial charge in [0.25, 0.3) is 0 Å². The van der Waals surface area contributed by atoms with E-state index in [1.54, 1.807) is 0 Å². The fourth-order valence-electron chi connectivity index (χ4n) is 3.65. The largest absolute Gasteiger partial charge is 0.381 e. The molecule has 4 heteroatoms. The van der Waals surface area contributed by atoms with Gasteiger partial charge in [-0.25, -0.2) is 0 Å². The zero-order valence-electron chi connectivity index (χ0n) is 13.6. The third kappa shape index (κ3) is 4.76. The molecule has 0 bridgehead atoms. The lowest BCUT2D eigenvalue weighted by Gasteiger charge is -2.43. The minimum Gasteiger partial charge on any atom is -0.381 e. The minimum absolute atomic E-state index is 0.0810. The highest BCUT2D eigenvalue weighted by atomic mass is 16.5. The van der Waals surface area contributed by atoms with Gasteiger partial charge in [-0.2, -0.15) is 0 Å². The summed E-state index contributed by atoms with van der Waals surface area (Å²) in [6, 6.07) is 0.237. The van der Waals surface area contributed by atoms with Crippen LogP contribution in [0.3, 0.4) is 0 Å². The fourth-order valence-corrected chi connectivity index (χ4v) is 3.65. The Hall–Kier alpha value is -0.450. The van der Waals surface area contributed by atoms with Crippen LogP contribution in [0.5, 0.6) is 0 Å². The van der Waals surface area contributed by atoms with Gasteiger partial charge >= 0.3 is 0 Å². The molecule has 4 nitrogen and oxygen atoms in total. The lowest BCUT2D eigenvalue weighted by molar-refractivity contribution is -0.158. The van der Waals surface area contributed by atoms with Gasteiger partial charge in [0.05, 0.1) is 5.60 Å². The van der Waals surface area contributed by atoms with Crippen molar-refractivity contribution in [2.45, 2.75) is 70.4 Å². The van der Waals surface area contributed by atoms with E-state index in [1.165, 1.54) is 0 Å². The molecule has 3 atom stereocenters. The molecule has 122 valence electrons. The summed E-state index contributed by atoms with van der Waals surface area (Å²) in [4.78, 5) is 12.7. The van der Waals surface area contributed by atoms with Gasteiger partial charge in [0.15, 0.2) is 0 Å². The van der Waals surface area contributed by atoms with Crippen LogP contribution in [-0.4, -0.2) is 37.2 Å². The molecule has 2 N–H and O–H groups in total. The van der Waals surface area contributed by atoms with Crippen molar-refractivity contribution >= 4 is 5.78 Å². The normalized spacial score (nSPS) is 28.2. The van der Waals surface area contributed by atoms with Crippen LogP contribution in [0.1, 0.15) is 58.8 Å². The molecule has 2 rings (SSSR count). The summed E-state index contributed by atoms with van der Waals surface area (Å²) in [5.41, 5.74) is 5.70. The lowest BCUT2D eigenvalue weighted by atomic mass is 9.76. The number of ether oxygens (including phenoxy) is 2. The maximum atomic E-state index is 12.7. The number of rotatable bonds is 6. The van der Waals surface area contributed by atoms with Crippen molar-refractivity contribution < 1.29 is 14.3 Å². The quantitative estimate of drug-likeness (QED) is 0.819. The maximum Gasteiger partial charge on any atom is 0.138 e. The van der Waals surface area contributed by atoms with Crippen molar-refractivity contribution in [2.75, 3.05) is 19.8 Å². The highest BCUT2D eigenvalue weighted by Crippen LogP contribution is 2.38. The predicted octanol–water partition coefficient (Wildman–Crippen LogP) is 2.68. The van der Waals surface area contributed by atoms with E-state index in [0.717, 1.165) is 64.8 Å². The van der Waals surface area contributed by atoms with Crippen LogP contribution in [0.25, 0.3) is 0 Å². The molecule has 1 spiro atoms. The zero-order valence-corrected chi connectivity index (χ0v) is 13.6. The van der Waals surface area contributed by atoms with E-state index >= 15 is 0 Å². The number of hydrogen-bond acceptors (Lipinski definition) is 4. The number of ketones is 1. The summed E-state index contributed by atoms with van der Waals surface area (Å²) in [5.74, 6) is 0.778. The van der Waals surface area contributed by atoms with Gasteiger partial charge in [0.2, 0.25) is 0 Å². The van der Waals surface area contributed by atoms with E-state index in [9.17, 15) is 4.79 Å². The van der Waals surface area contributed by atoms with Crippen molar-refractivity contribution in [3.05, 3.63) is 0 Å². The number of carbonyl (C=O) groups excluding carboxylic acids is 1. The Morgan fingerprint density at radius 1 is 1.24 bits per heavy atom. The summed E-state index contributed by atoms with van der Waals surface area (Å²) < 4.78 is 11.5. The molecule has 3 unspecified atom stereocenters. The Kier molecular flexibility index (Phi) is 6.20. The van der Waals surface area contributed by atoms with Crippen LogP contribution in [0.4, 0.5) is 0 Å². The van der Waals surface area contributed by atoms with E-state index in [0.29, 0.717) is 5.78 Å². The van der Waals surface area contributed by atoms with Crippen molar-refractivity contribution in [3.63, 3.8) is 0 Å². The molecular formula is C17H31NO3. The van der Waals surface area contributed by atoms with Crippen molar-refractivity contribution in [3.8, 4) is 0 Å². The predicted molar refractivity (Wildman–Crippen MR) is 83.1 cm³/mol. The first-order chi connectivity index (χ1) is 10.0. The van der Waals surface area contributed by atoms with Gasteiger partial charge in [-0.1, -0.05) is 13.3 Å². The van der Waals surface area contributed by atoms with E-state index < -0.39 is 0 Å². The molecular weight excluding hydrogens is 266 g/mol. The van der Waals surface area contributed by atoms with Crippen molar-refractivity contribution in [1.29, 1.82) is 0 Å². The molecule has 0 aromatic rings. The lowest BCUT2D eigenvalue weighted by Crippen LogP contribution is -2.46. The smallest absolute Gasteiger partial charge is 0.138 e. The van der Waals surface area contributed by atoms with Crippen LogP contribution >= 0.6 is 0 Å². The Morgan fingerprint density at radius 3 is 2.62 bits per heavy atom. The van der Waals surface area contributed by atoms with Crippen molar-refractivity contribution in [1.82, 2.24) is 0 Å². The number of hydrogen-bond donors (Lipinski definition) is 1. The minimum atomic E-state index is -0.0810. The van der Waals surface area contributed by atoms with Gasteiger partial charge in [-0.05, 0) is 45.4 Å². The van der Waals surface area contributed by atoms with Gasteiger partial charge < -0.3 is 15.2 Å². The van der Waals surface area contributed by atoms with E-state index in [4.69, 9.17) is 15.2 Å². The molecule has 0 radical (unpaired) electrons. The van der Waals surface area contributed by atoms with E-state index in [2.05, 4.69) is 6.92 Å². The number of Topliss-reactive ketones (excluding diaryl/α,β-unsaturated/α-hetero) is 1. The molecule has 2 saturated heterocycles. The summed E-state index contributed by atoms with van der Waals surface area (Å²) in [6.07, 6.45) is 6.69. The van der Waals surface area contributed by atoms with Gasteiger partial charge in [0.1, 0.15) is 5.78 Å². The van der Waals surface area contributed by atoms with Crippen LogP contribution in [0.2, 0.25) is 0 Å². The van der Waals surface area contributed by atoms with Crippen molar-refractivity contribution in [2.24, 2.45) is 17.6 Å². The van der Waals surface area contributed by atoms with Crippen LogP contribution < -0.4 is 5.73 Å². The summed E-state index contributed by atoms with van der Waals surface area (Å²) in [6.45, 7) is 6.37. The first kappa shape index (κ1) is 16.9. The Labute approximate surface area is 128 Å². The maximum absolute atomic E-state index is 12.7. The summed E-state index contributed by atoms with van der Waals surface area (Å²) in [7, 11) is 0. The van der Waals surface area contributed by atoms with Gasteiger partial charge in [0, 0.05) is 37.7 Å². The van der Waals surface area contributed by atoms with Crippen LogP contribution in [0, 0.1) is 11.8 Å². The average Bonchev–Trinajstić information content (AvgIpc) is 2.47. The Morgan fingerprint density at radius 2 is 1.95 bits per heavy atom. The molecule has 2 aliphatic heterocycles. The Bertz CT molecular complexity index is 331. The molecule has 2 aliphatic rings. The molecule has 0 aliphatic carbocycles. The molecule has 0 aromatic carbocycles. The van der Waals surface area contributed by atoms with E-state index in [-0.39, 0.29) is 23.5 Å². The molecule has 2 heterocycles. The zero-order chi connectivity index (χ0) is 15.3.